The van der Waals surface area contributed by atoms with Crippen molar-refractivity contribution in [3.8, 4) is 17.2 Å². The number of ether oxygens (including phenoxy) is 3. The molecule has 0 amide bonds. The monoisotopic (exact) mass is 479 g/mol. The first-order valence-electron chi connectivity index (χ1n) is 12.0. The lowest BCUT2D eigenvalue weighted by Gasteiger charge is -2.29. The van der Waals surface area contributed by atoms with Gasteiger partial charge in [-0.05, 0) is 81.3 Å². The summed E-state index contributed by atoms with van der Waals surface area (Å²) in [6.45, 7) is 6.37. The highest BCUT2D eigenvalue weighted by Gasteiger charge is 2.25. The van der Waals surface area contributed by atoms with Crippen LogP contribution >= 0.6 is 0 Å². The smallest absolute Gasteiger partial charge is 0.336 e. The summed E-state index contributed by atoms with van der Waals surface area (Å²) in [4.78, 5) is 16.3. The van der Waals surface area contributed by atoms with Gasteiger partial charge in [-0.2, -0.15) is 0 Å². The van der Waals surface area contributed by atoms with Gasteiger partial charge in [0.25, 0.3) is 0 Å². The molecule has 0 spiro atoms. The number of carbonyl (C=O) groups is 1. The number of hydrogen-bond donors (Lipinski definition) is 1. The fraction of sp³-hybridized carbons (Fsp3) is 0.429. The Bertz CT molecular complexity index is 1180. The second-order valence-corrected chi connectivity index (χ2v) is 9.15. The number of nitrogens with zero attached hydrogens (tertiary/aromatic N) is 1. The van der Waals surface area contributed by atoms with Crippen molar-refractivity contribution in [3.05, 3.63) is 70.1 Å². The highest BCUT2D eigenvalue weighted by Crippen LogP contribution is 2.29. The summed E-state index contributed by atoms with van der Waals surface area (Å²) < 4.78 is 23.6. The molecule has 1 aromatic heterocycles. The molecular formula is C28H33NO6. The van der Waals surface area contributed by atoms with E-state index < -0.39 is 5.97 Å². The fourth-order valence-electron chi connectivity index (χ4n) is 4.66. The van der Waals surface area contributed by atoms with Crippen LogP contribution in [0.15, 0.2) is 40.8 Å². The van der Waals surface area contributed by atoms with Crippen molar-refractivity contribution in [1.29, 1.82) is 0 Å². The minimum Gasteiger partial charge on any atom is -0.496 e. The van der Waals surface area contributed by atoms with Crippen LogP contribution in [-0.2, 0) is 22.7 Å². The van der Waals surface area contributed by atoms with Gasteiger partial charge >= 0.3 is 5.97 Å². The van der Waals surface area contributed by atoms with Crippen LogP contribution in [0.1, 0.15) is 64.2 Å². The fourth-order valence-corrected chi connectivity index (χ4v) is 4.66. The van der Waals surface area contributed by atoms with E-state index in [-0.39, 0.29) is 18.8 Å². The van der Waals surface area contributed by atoms with Crippen molar-refractivity contribution >= 4 is 5.97 Å². The molecule has 2 aromatic carbocycles. The van der Waals surface area contributed by atoms with Gasteiger partial charge in [0, 0.05) is 5.56 Å². The summed E-state index contributed by atoms with van der Waals surface area (Å²) in [5, 5.41) is 9.54. The third-order valence-electron chi connectivity index (χ3n) is 6.62. The number of aryl methyl sites for hydroxylation is 3. The third kappa shape index (κ3) is 5.92. The Morgan fingerprint density at radius 2 is 1.80 bits per heavy atom. The van der Waals surface area contributed by atoms with Gasteiger partial charge in [-0.1, -0.05) is 18.2 Å². The van der Waals surface area contributed by atoms with E-state index in [1.54, 1.807) is 7.11 Å². The lowest BCUT2D eigenvalue weighted by molar-refractivity contribution is -0.0564. The molecule has 1 aliphatic rings. The van der Waals surface area contributed by atoms with Gasteiger partial charge in [0.2, 0.25) is 5.89 Å². The summed E-state index contributed by atoms with van der Waals surface area (Å²) in [6.07, 6.45) is 3.78. The number of methoxy groups -OCH3 is 1. The second kappa shape index (κ2) is 11.1. The zero-order valence-corrected chi connectivity index (χ0v) is 20.8. The maximum absolute atomic E-state index is 11.6. The number of benzene rings is 2. The average Bonchev–Trinajstić information content (AvgIpc) is 3.21. The van der Waals surface area contributed by atoms with Gasteiger partial charge in [-0.25, -0.2) is 9.78 Å². The lowest BCUT2D eigenvalue weighted by Crippen LogP contribution is -2.28. The first kappa shape index (κ1) is 24.9. The van der Waals surface area contributed by atoms with Crippen LogP contribution in [0.2, 0.25) is 0 Å². The first-order chi connectivity index (χ1) is 16.9. The van der Waals surface area contributed by atoms with Crippen LogP contribution < -0.4 is 4.74 Å². The highest BCUT2D eigenvalue weighted by molar-refractivity contribution is 5.91. The predicted molar refractivity (Wildman–Crippen MR) is 132 cm³/mol. The molecule has 35 heavy (non-hydrogen) atoms. The number of hydrogen-bond acceptors (Lipinski definition) is 6. The molecule has 1 fully saturated rings. The van der Waals surface area contributed by atoms with E-state index in [1.165, 1.54) is 0 Å². The Morgan fingerprint density at radius 3 is 2.49 bits per heavy atom. The van der Waals surface area contributed by atoms with Crippen LogP contribution in [0.4, 0.5) is 0 Å². The third-order valence-corrected chi connectivity index (χ3v) is 6.62. The summed E-state index contributed by atoms with van der Waals surface area (Å²) in [5.74, 6) is 1.23. The lowest BCUT2D eigenvalue weighted by atomic mass is 9.94. The Balaban J connectivity index is 1.34. The molecule has 0 radical (unpaired) electrons. The Hall–Kier alpha value is -3.16. The Morgan fingerprint density at radius 1 is 1.06 bits per heavy atom. The van der Waals surface area contributed by atoms with E-state index in [9.17, 15) is 9.90 Å². The molecule has 1 heterocycles. The minimum atomic E-state index is -0.918. The van der Waals surface area contributed by atoms with E-state index in [1.807, 2.05) is 57.2 Å². The van der Waals surface area contributed by atoms with Crippen LogP contribution in [-0.4, -0.2) is 35.4 Å². The number of oxazole rings is 1. The molecule has 7 nitrogen and oxygen atoms in total. The number of rotatable bonds is 9. The molecule has 1 aliphatic carbocycles. The normalized spacial score (nSPS) is 17.9. The first-order valence-corrected chi connectivity index (χ1v) is 12.0. The Labute approximate surface area is 206 Å². The number of aromatic carboxylic acids is 1. The van der Waals surface area contributed by atoms with E-state index >= 15 is 0 Å². The number of aromatic nitrogens is 1. The molecule has 4 rings (SSSR count). The molecular weight excluding hydrogens is 446 g/mol. The molecule has 1 unspecified atom stereocenters. The van der Waals surface area contributed by atoms with Gasteiger partial charge in [-0.3, -0.25) is 0 Å². The zero-order valence-electron chi connectivity index (χ0n) is 20.8. The van der Waals surface area contributed by atoms with Gasteiger partial charge in [0.15, 0.2) is 0 Å². The van der Waals surface area contributed by atoms with Crippen LogP contribution in [0.3, 0.4) is 0 Å². The van der Waals surface area contributed by atoms with Gasteiger partial charge in [0.05, 0.1) is 38.1 Å². The SMILES string of the molecule is COc1ccc(-c2nc(CO[C@H]3CCCC(OCc4cccc(C)c4C(=O)O)C3)c(C)o2)cc1C. The molecule has 1 N–H and O–H groups in total. The molecule has 3 aromatic rings. The minimum absolute atomic E-state index is 0.0344. The number of carboxylic acid groups (broad SMARTS) is 1. The van der Waals surface area contributed by atoms with Crippen molar-refractivity contribution < 1.29 is 28.5 Å². The molecule has 1 saturated carbocycles. The van der Waals surface area contributed by atoms with Crippen molar-refractivity contribution in [2.45, 2.75) is 71.9 Å². The quantitative estimate of drug-likeness (QED) is 0.401. The van der Waals surface area contributed by atoms with E-state index in [0.29, 0.717) is 23.6 Å². The summed E-state index contributed by atoms with van der Waals surface area (Å²) in [5.41, 5.74) is 4.51. The summed E-state index contributed by atoms with van der Waals surface area (Å²) in [6, 6.07) is 11.4. The van der Waals surface area contributed by atoms with Gasteiger partial charge in [0.1, 0.15) is 17.2 Å². The van der Waals surface area contributed by atoms with E-state index in [4.69, 9.17) is 18.6 Å². The standard InChI is InChI=1S/C28H33NO6/c1-17-7-5-8-21(26(17)28(30)31)15-33-22-9-6-10-23(14-22)34-16-24-19(3)35-27(29-24)20-11-12-25(32-4)18(2)13-20/h5,7-8,11-13,22-23H,6,9-10,14-16H2,1-4H3,(H,30,31)/t22?,23-/m0/s1. The topological polar surface area (TPSA) is 91.0 Å². The number of carboxylic acids is 1. The molecule has 0 saturated heterocycles. The summed E-state index contributed by atoms with van der Waals surface area (Å²) >= 11 is 0. The van der Waals surface area contributed by atoms with E-state index in [0.717, 1.165) is 59.6 Å². The van der Waals surface area contributed by atoms with Crippen molar-refractivity contribution in [1.82, 2.24) is 4.98 Å². The summed E-state index contributed by atoms with van der Waals surface area (Å²) in [7, 11) is 1.66. The molecule has 2 atom stereocenters. The Kier molecular flexibility index (Phi) is 7.88. The maximum atomic E-state index is 11.6. The van der Waals surface area contributed by atoms with Gasteiger partial charge < -0.3 is 23.7 Å². The van der Waals surface area contributed by atoms with Gasteiger partial charge in [-0.15, -0.1) is 0 Å². The molecule has 186 valence electrons. The zero-order chi connectivity index (χ0) is 24.9. The van der Waals surface area contributed by atoms with Crippen LogP contribution in [0.25, 0.3) is 11.5 Å². The molecule has 7 heteroatoms. The second-order valence-electron chi connectivity index (χ2n) is 9.15. The van der Waals surface area contributed by atoms with E-state index in [2.05, 4.69) is 4.98 Å². The largest absolute Gasteiger partial charge is 0.496 e. The predicted octanol–water partition coefficient (Wildman–Crippen LogP) is 6.02. The van der Waals surface area contributed by atoms with Crippen molar-refractivity contribution in [2.75, 3.05) is 7.11 Å². The van der Waals surface area contributed by atoms with Crippen molar-refractivity contribution in [2.24, 2.45) is 0 Å². The van der Waals surface area contributed by atoms with Crippen molar-refractivity contribution in [3.63, 3.8) is 0 Å². The maximum Gasteiger partial charge on any atom is 0.336 e. The molecule has 0 bridgehead atoms. The molecule has 0 aliphatic heterocycles. The van der Waals surface area contributed by atoms with Crippen LogP contribution in [0, 0.1) is 20.8 Å². The highest BCUT2D eigenvalue weighted by atomic mass is 16.5. The van der Waals surface area contributed by atoms with Crippen LogP contribution in [0.5, 0.6) is 5.75 Å². The average molecular weight is 480 g/mol.